The summed E-state index contributed by atoms with van der Waals surface area (Å²) in [4.78, 5) is 27.4. The first kappa shape index (κ1) is 16.1. The molecule has 2 rings (SSSR count). The topological polar surface area (TPSA) is 70.1 Å². The third-order valence-electron chi connectivity index (χ3n) is 4.95. The van der Waals surface area contributed by atoms with Crippen molar-refractivity contribution in [3.05, 3.63) is 0 Å². The Kier molecular flexibility index (Phi) is 5.08. The number of carboxylic acids is 1. The number of likely N-dealkylation sites (tertiary alicyclic amines) is 1. The standard InChI is InChI=1S/C15H26N2O4/c1-4-11-5-7-17(13(9-11)14(18)19)15(20)16(3)12-6-8-21-10(12)2/h10-13H,4-9H2,1-3H3,(H,18,19). The predicted molar refractivity (Wildman–Crippen MR) is 78.1 cm³/mol. The Balaban J connectivity index is 2.07. The zero-order chi connectivity index (χ0) is 15.6. The molecule has 120 valence electrons. The fourth-order valence-electron chi connectivity index (χ4n) is 3.45. The van der Waals surface area contributed by atoms with Gasteiger partial charge in [-0.2, -0.15) is 0 Å². The van der Waals surface area contributed by atoms with Gasteiger partial charge in [-0.3, -0.25) is 0 Å². The molecule has 0 radical (unpaired) electrons. The summed E-state index contributed by atoms with van der Waals surface area (Å²) in [6, 6.07) is -0.841. The second-order valence-corrected chi connectivity index (χ2v) is 6.17. The number of carboxylic acid groups (broad SMARTS) is 1. The van der Waals surface area contributed by atoms with Gasteiger partial charge in [0.2, 0.25) is 0 Å². The highest BCUT2D eigenvalue weighted by atomic mass is 16.5. The maximum absolute atomic E-state index is 12.7. The lowest BCUT2D eigenvalue weighted by atomic mass is 9.89. The fraction of sp³-hybridized carbons (Fsp3) is 0.867. The highest BCUT2D eigenvalue weighted by molar-refractivity contribution is 5.83. The number of hydrogen-bond acceptors (Lipinski definition) is 3. The lowest BCUT2D eigenvalue weighted by molar-refractivity contribution is -0.144. The quantitative estimate of drug-likeness (QED) is 0.862. The van der Waals surface area contributed by atoms with E-state index in [0.717, 1.165) is 19.3 Å². The number of urea groups is 1. The Hall–Kier alpha value is -1.30. The molecule has 0 bridgehead atoms. The molecule has 2 saturated heterocycles. The van der Waals surface area contributed by atoms with Crippen LogP contribution < -0.4 is 0 Å². The molecular weight excluding hydrogens is 272 g/mol. The van der Waals surface area contributed by atoms with Gasteiger partial charge >= 0.3 is 12.0 Å². The molecule has 4 unspecified atom stereocenters. The summed E-state index contributed by atoms with van der Waals surface area (Å²) < 4.78 is 5.50. The minimum Gasteiger partial charge on any atom is -0.480 e. The number of ether oxygens (including phenoxy) is 1. The number of hydrogen-bond donors (Lipinski definition) is 1. The molecule has 0 spiro atoms. The lowest BCUT2D eigenvalue weighted by Crippen LogP contribution is -2.56. The van der Waals surface area contributed by atoms with Crippen LogP contribution in [0.3, 0.4) is 0 Å². The average molecular weight is 298 g/mol. The normalized spacial score (nSPS) is 33.0. The average Bonchev–Trinajstić information content (AvgIpc) is 2.91. The van der Waals surface area contributed by atoms with Crippen LogP contribution in [0.1, 0.15) is 39.5 Å². The van der Waals surface area contributed by atoms with Gasteiger partial charge in [-0.15, -0.1) is 0 Å². The third-order valence-corrected chi connectivity index (χ3v) is 4.95. The molecule has 2 heterocycles. The van der Waals surface area contributed by atoms with Crippen molar-refractivity contribution >= 4 is 12.0 Å². The number of carbonyl (C=O) groups excluding carboxylic acids is 1. The van der Waals surface area contributed by atoms with Crippen molar-refractivity contribution in [1.82, 2.24) is 9.80 Å². The van der Waals surface area contributed by atoms with Crippen LogP contribution in [-0.2, 0) is 9.53 Å². The Labute approximate surface area is 126 Å². The van der Waals surface area contributed by atoms with Crippen molar-refractivity contribution in [3.63, 3.8) is 0 Å². The van der Waals surface area contributed by atoms with Crippen molar-refractivity contribution in [2.24, 2.45) is 5.92 Å². The number of aliphatic carboxylic acids is 1. The first-order chi connectivity index (χ1) is 9.95. The van der Waals surface area contributed by atoms with E-state index in [9.17, 15) is 14.7 Å². The van der Waals surface area contributed by atoms with E-state index in [1.165, 1.54) is 4.90 Å². The Morgan fingerprint density at radius 2 is 2.10 bits per heavy atom. The van der Waals surface area contributed by atoms with Crippen molar-refractivity contribution in [3.8, 4) is 0 Å². The number of amides is 2. The molecule has 6 heteroatoms. The van der Waals surface area contributed by atoms with Crippen molar-refractivity contribution in [2.45, 2.75) is 57.7 Å². The largest absolute Gasteiger partial charge is 0.480 e. The van der Waals surface area contributed by atoms with E-state index in [2.05, 4.69) is 6.92 Å². The number of nitrogens with zero attached hydrogens (tertiary/aromatic N) is 2. The molecule has 2 amide bonds. The first-order valence-corrected chi connectivity index (χ1v) is 7.83. The first-order valence-electron chi connectivity index (χ1n) is 7.83. The molecule has 0 aromatic rings. The van der Waals surface area contributed by atoms with Crippen LogP contribution >= 0.6 is 0 Å². The number of rotatable bonds is 3. The summed E-state index contributed by atoms with van der Waals surface area (Å²) in [5.74, 6) is -0.500. The zero-order valence-electron chi connectivity index (χ0n) is 13.1. The monoisotopic (exact) mass is 298 g/mol. The Morgan fingerprint density at radius 1 is 1.38 bits per heavy atom. The summed E-state index contributed by atoms with van der Waals surface area (Å²) in [5, 5.41) is 9.43. The summed E-state index contributed by atoms with van der Waals surface area (Å²) >= 11 is 0. The van der Waals surface area contributed by atoms with E-state index in [0.29, 0.717) is 25.5 Å². The van der Waals surface area contributed by atoms with Crippen LogP contribution in [0.2, 0.25) is 0 Å². The van der Waals surface area contributed by atoms with E-state index in [4.69, 9.17) is 4.74 Å². The van der Waals surface area contributed by atoms with Gasteiger partial charge in [-0.1, -0.05) is 13.3 Å². The van der Waals surface area contributed by atoms with E-state index in [1.54, 1.807) is 11.9 Å². The second kappa shape index (κ2) is 6.64. The smallest absolute Gasteiger partial charge is 0.326 e. The molecule has 2 fully saturated rings. The van der Waals surface area contributed by atoms with Crippen molar-refractivity contribution in [1.29, 1.82) is 0 Å². The van der Waals surface area contributed by atoms with Crippen LogP contribution in [0.4, 0.5) is 4.79 Å². The highest BCUT2D eigenvalue weighted by Crippen LogP contribution is 2.28. The van der Waals surface area contributed by atoms with Crippen LogP contribution in [0.5, 0.6) is 0 Å². The lowest BCUT2D eigenvalue weighted by Gasteiger charge is -2.40. The summed E-state index contributed by atoms with van der Waals surface area (Å²) in [5.41, 5.74) is 0. The van der Waals surface area contributed by atoms with Gasteiger partial charge in [0.1, 0.15) is 6.04 Å². The Morgan fingerprint density at radius 3 is 2.62 bits per heavy atom. The number of carbonyl (C=O) groups is 2. The van der Waals surface area contributed by atoms with Crippen LogP contribution in [0.25, 0.3) is 0 Å². The summed E-state index contributed by atoms with van der Waals surface area (Å²) in [7, 11) is 1.75. The van der Waals surface area contributed by atoms with Gasteiger partial charge in [0.15, 0.2) is 0 Å². The maximum Gasteiger partial charge on any atom is 0.326 e. The number of likely N-dealkylation sites (N-methyl/N-ethyl adjacent to an activating group) is 1. The van der Waals surface area contributed by atoms with Gasteiger partial charge in [-0.05, 0) is 32.1 Å². The van der Waals surface area contributed by atoms with Gasteiger partial charge in [0.25, 0.3) is 0 Å². The highest BCUT2D eigenvalue weighted by Gasteiger charge is 2.39. The zero-order valence-corrected chi connectivity index (χ0v) is 13.1. The van der Waals surface area contributed by atoms with Gasteiger partial charge in [0.05, 0.1) is 12.1 Å². The van der Waals surface area contributed by atoms with Crippen molar-refractivity contribution < 1.29 is 19.4 Å². The molecule has 21 heavy (non-hydrogen) atoms. The third kappa shape index (κ3) is 3.31. The molecule has 2 aliphatic rings. The van der Waals surface area contributed by atoms with E-state index >= 15 is 0 Å². The molecular formula is C15H26N2O4. The van der Waals surface area contributed by atoms with Gasteiger partial charge < -0.3 is 19.6 Å². The van der Waals surface area contributed by atoms with Crippen LogP contribution in [0, 0.1) is 5.92 Å². The molecule has 1 N–H and O–H groups in total. The summed E-state index contributed by atoms with van der Waals surface area (Å²) in [6.45, 7) is 5.22. The van der Waals surface area contributed by atoms with Crippen molar-refractivity contribution in [2.75, 3.05) is 20.2 Å². The van der Waals surface area contributed by atoms with E-state index < -0.39 is 12.0 Å². The maximum atomic E-state index is 12.7. The van der Waals surface area contributed by atoms with E-state index in [1.807, 2.05) is 6.92 Å². The molecule has 0 aliphatic carbocycles. The molecule has 4 atom stereocenters. The minimum atomic E-state index is -0.898. The minimum absolute atomic E-state index is 0.00964. The number of piperidine rings is 1. The molecule has 0 aromatic heterocycles. The second-order valence-electron chi connectivity index (χ2n) is 6.17. The molecule has 2 aliphatic heterocycles. The van der Waals surface area contributed by atoms with Crippen LogP contribution in [0.15, 0.2) is 0 Å². The van der Waals surface area contributed by atoms with E-state index in [-0.39, 0.29) is 18.2 Å². The molecule has 0 aromatic carbocycles. The molecule has 0 saturated carbocycles. The van der Waals surface area contributed by atoms with Gasteiger partial charge in [0, 0.05) is 20.2 Å². The molecule has 6 nitrogen and oxygen atoms in total. The van der Waals surface area contributed by atoms with Crippen LogP contribution in [-0.4, -0.2) is 65.3 Å². The fourth-order valence-corrected chi connectivity index (χ4v) is 3.45. The summed E-state index contributed by atoms with van der Waals surface area (Å²) in [6.07, 6.45) is 3.23. The SMILES string of the molecule is CCC1CCN(C(=O)N(C)C2CCOC2C)C(C(=O)O)C1. The van der Waals surface area contributed by atoms with Gasteiger partial charge in [-0.25, -0.2) is 9.59 Å². The Bertz CT molecular complexity index is 401. The predicted octanol–water partition coefficient (Wildman–Crippen LogP) is 1.79.